The molecule has 1 aromatic carbocycles. The first-order chi connectivity index (χ1) is 13.7. The number of piperidine rings is 1. The van der Waals surface area contributed by atoms with Crippen LogP contribution in [0.1, 0.15) is 49.0 Å². The molecule has 0 spiro atoms. The minimum Gasteiger partial charge on any atom is -0.356 e. The van der Waals surface area contributed by atoms with E-state index < -0.39 is 0 Å². The molecule has 1 aromatic heterocycles. The van der Waals surface area contributed by atoms with E-state index in [4.69, 9.17) is 0 Å². The fourth-order valence-corrected chi connectivity index (χ4v) is 5.54. The highest BCUT2D eigenvalue weighted by Gasteiger charge is 2.40. The number of rotatable bonds is 6. The van der Waals surface area contributed by atoms with Crippen LogP contribution in [0.5, 0.6) is 0 Å². The molecule has 2 bridgehead atoms. The van der Waals surface area contributed by atoms with Gasteiger partial charge in [0.05, 0.1) is 0 Å². The number of nitrogens with zero attached hydrogens (tertiary/aromatic N) is 2. The van der Waals surface area contributed by atoms with Gasteiger partial charge in [0, 0.05) is 49.1 Å². The number of thiophene rings is 1. The Bertz CT molecular complexity index is 750. The van der Waals surface area contributed by atoms with E-state index >= 15 is 0 Å². The molecule has 0 saturated carbocycles. The van der Waals surface area contributed by atoms with E-state index in [0.717, 1.165) is 19.0 Å². The minimum absolute atomic E-state index is 0. The van der Waals surface area contributed by atoms with E-state index in [9.17, 15) is 0 Å². The van der Waals surface area contributed by atoms with Gasteiger partial charge >= 0.3 is 0 Å². The Morgan fingerprint density at radius 1 is 1.14 bits per heavy atom. The van der Waals surface area contributed by atoms with Crippen LogP contribution in [-0.4, -0.2) is 42.6 Å². The number of benzene rings is 1. The molecule has 0 aliphatic carbocycles. The third-order valence-corrected chi connectivity index (χ3v) is 7.37. The fraction of sp³-hybridized carbons (Fsp3) is 0.522. The Kier molecular flexibility index (Phi) is 8.38. The summed E-state index contributed by atoms with van der Waals surface area (Å²) in [5.74, 6) is 1.45. The zero-order valence-electron chi connectivity index (χ0n) is 17.4. The largest absolute Gasteiger partial charge is 0.356 e. The van der Waals surface area contributed by atoms with Crippen molar-refractivity contribution < 1.29 is 0 Å². The summed E-state index contributed by atoms with van der Waals surface area (Å²) in [6.07, 6.45) is 5.09. The van der Waals surface area contributed by atoms with Gasteiger partial charge < -0.3 is 10.6 Å². The van der Waals surface area contributed by atoms with Crippen molar-refractivity contribution in [1.29, 1.82) is 0 Å². The zero-order chi connectivity index (χ0) is 19.3. The van der Waals surface area contributed by atoms with Crippen LogP contribution in [0.4, 0.5) is 0 Å². The van der Waals surface area contributed by atoms with Crippen LogP contribution in [0.15, 0.2) is 52.8 Å². The molecule has 29 heavy (non-hydrogen) atoms. The smallest absolute Gasteiger partial charge is 0.191 e. The Labute approximate surface area is 196 Å². The topological polar surface area (TPSA) is 39.7 Å². The van der Waals surface area contributed by atoms with Crippen molar-refractivity contribution in [2.24, 2.45) is 4.99 Å². The number of hydrogen-bond acceptors (Lipinski definition) is 3. The second-order valence-electron chi connectivity index (χ2n) is 8.23. The summed E-state index contributed by atoms with van der Waals surface area (Å²) in [6.45, 7) is 4.28. The molecule has 3 atom stereocenters. The van der Waals surface area contributed by atoms with Crippen LogP contribution >= 0.6 is 35.3 Å². The van der Waals surface area contributed by atoms with E-state index in [1.807, 2.05) is 18.4 Å². The van der Waals surface area contributed by atoms with E-state index in [1.165, 1.54) is 36.1 Å². The molecular formula is C23H33IN4S. The van der Waals surface area contributed by atoms with Crippen molar-refractivity contribution >= 4 is 41.3 Å². The quantitative estimate of drug-likeness (QED) is 0.323. The van der Waals surface area contributed by atoms with Gasteiger partial charge in [0.25, 0.3) is 0 Å². The monoisotopic (exact) mass is 524 g/mol. The maximum atomic E-state index is 4.48. The average Bonchev–Trinajstić information content (AvgIpc) is 3.33. The van der Waals surface area contributed by atoms with Gasteiger partial charge in [-0.25, -0.2) is 0 Å². The molecule has 2 aliphatic rings. The molecule has 2 aliphatic heterocycles. The Hall–Kier alpha value is -1.12. The number of fused-ring (bicyclic) bond motifs is 2. The summed E-state index contributed by atoms with van der Waals surface area (Å²) in [5.41, 5.74) is 1.44. The van der Waals surface area contributed by atoms with Crippen molar-refractivity contribution in [3.8, 4) is 0 Å². The lowest BCUT2D eigenvalue weighted by molar-refractivity contribution is 0.114. The molecule has 2 fully saturated rings. The van der Waals surface area contributed by atoms with Crippen LogP contribution in [0.25, 0.3) is 0 Å². The van der Waals surface area contributed by atoms with Gasteiger partial charge in [0.1, 0.15) is 0 Å². The Morgan fingerprint density at radius 3 is 2.48 bits per heavy atom. The lowest BCUT2D eigenvalue weighted by Gasteiger charge is -2.39. The first-order valence-electron chi connectivity index (χ1n) is 10.5. The van der Waals surface area contributed by atoms with Gasteiger partial charge in [0.2, 0.25) is 0 Å². The molecule has 3 heterocycles. The predicted octanol–water partition coefficient (Wildman–Crippen LogP) is 4.83. The second-order valence-corrected chi connectivity index (χ2v) is 9.20. The van der Waals surface area contributed by atoms with Crippen molar-refractivity contribution in [2.45, 2.75) is 63.2 Å². The third kappa shape index (κ3) is 5.73. The summed E-state index contributed by atoms with van der Waals surface area (Å²) in [4.78, 5) is 8.64. The molecule has 0 amide bonds. The van der Waals surface area contributed by atoms with Crippen LogP contribution < -0.4 is 10.6 Å². The SMILES string of the molecule is CN=C(NCC(C)c1cccs1)NC1CC2CCC(C1)N2Cc1ccccc1.I. The predicted molar refractivity (Wildman–Crippen MR) is 134 cm³/mol. The van der Waals surface area contributed by atoms with Gasteiger partial charge in [-0.3, -0.25) is 9.89 Å². The number of nitrogens with one attached hydrogen (secondary N) is 2. The molecule has 2 aromatic rings. The maximum absolute atomic E-state index is 4.48. The second kappa shape index (κ2) is 10.8. The van der Waals surface area contributed by atoms with Crippen LogP contribution in [-0.2, 0) is 6.54 Å². The van der Waals surface area contributed by atoms with Gasteiger partial charge in [-0.15, -0.1) is 35.3 Å². The molecule has 0 radical (unpaired) electrons. The number of hydrogen-bond donors (Lipinski definition) is 2. The lowest BCUT2D eigenvalue weighted by Crippen LogP contribution is -2.52. The summed E-state index contributed by atoms with van der Waals surface area (Å²) in [7, 11) is 1.88. The van der Waals surface area contributed by atoms with Gasteiger partial charge in [0.15, 0.2) is 5.96 Å². The molecule has 158 valence electrons. The summed E-state index contributed by atoms with van der Waals surface area (Å²) in [5, 5.41) is 9.40. The normalized spacial score (nSPS) is 25.3. The van der Waals surface area contributed by atoms with Crippen molar-refractivity contribution in [3.05, 3.63) is 58.3 Å². The molecular weight excluding hydrogens is 491 g/mol. The highest BCUT2D eigenvalue weighted by molar-refractivity contribution is 14.0. The lowest BCUT2D eigenvalue weighted by atomic mass is 9.96. The first kappa shape index (κ1) is 22.6. The average molecular weight is 525 g/mol. The van der Waals surface area contributed by atoms with E-state index in [1.54, 1.807) is 0 Å². The van der Waals surface area contributed by atoms with Crippen molar-refractivity contribution in [3.63, 3.8) is 0 Å². The fourth-order valence-electron chi connectivity index (χ4n) is 4.75. The molecule has 4 rings (SSSR count). The van der Waals surface area contributed by atoms with E-state index in [2.05, 4.69) is 75.3 Å². The first-order valence-corrected chi connectivity index (χ1v) is 11.4. The molecule has 6 heteroatoms. The van der Waals surface area contributed by atoms with Gasteiger partial charge in [-0.1, -0.05) is 43.3 Å². The summed E-state index contributed by atoms with van der Waals surface area (Å²) in [6, 6.07) is 17.2. The van der Waals surface area contributed by atoms with Crippen molar-refractivity contribution in [2.75, 3.05) is 13.6 Å². The van der Waals surface area contributed by atoms with E-state index in [0.29, 0.717) is 24.0 Å². The van der Waals surface area contributed by atoms with E-state index in [-0.39, 0.29) is 24.0 Å². The summed E-state index contributed by atoms with van der Waals surface area (Å²) >= 11 is 1.83. The Balaban J connectivity index is 0.00000240. The summed E-state index contributed by atoms with van der Waals surface area (Å²) < 4.78 is 0. The third-order valence-electron chi connectivity index (χ3n) is 6.26. The van der Waals surface area contributed by atoms with Crippen LogP contribution in [0, 0.1) is 0 Å². The number of halogens is 1. The number of guanidine groups is 1. The highest BCUT2D eigenvalue weighted by atomic mass is 127. The molecule has 4 nitrogen and oxygen atoms in total. The Morgan fingerprint density at radius 2 is 1.86 bits per heavy atom. The van der Waals surface area contributed by atoms with Gasteiger partial charge in [-0.2, -0.15) is 0 Å². The minimum atomic E-state index is 0. The molecule has 2 N–H and O–H groups in total. The van der Waals surface area contributed by atoms with Crippen molar-refractivity contribution in [1.82, 2.24) is 15.5 Å². The highest BCUT2D eigenvalue weighted by Crippen LogP contribution is 2.36. The standard InChI is InChI=1S/C23H32N4S.HI/c1-17(22-9-6-12-28-22)15-25-23(24-2)26-19-13-20-10-11-21(14-19)27(20)16-18-7-4-3-5-8-18;/h3-9,12,17,19-21H,10-11,13-16H2,1-2H3,(H2,24,25,26);1H. The van der Waals surface area contributed by atoms with Crippen LogP contribution in [0.2, 0.25) is 0 Å². The number of aliphatic imine (C=N–C) groups is 1. The molecule has 2 saturated heterocycles. The maximum Gasteiger partial charge on any atom is 0.191 e. The zero-order valence-corrected chi connectivity index (χ0v) is 20.5. The molecule has 3 unspecified atom stereocenters. The van der Waals surface area contributed by atoms with Gasteiger partial charge in [-0.05, 0) is 42.7 Å². The van der Waals surface area contributed by atoms with Crippen LogP contribution in [0.3, 0.4) is 0 Å².